The van der Waals surface area contributed by atoms with Crippen molar-refractivity contribution < 1.29 is 9.53 Å². The minimum absolute atomic E-state index is 0. The maximum Gasteiger partial charge on any atom is 0.305 e. The molecule has 0 N–H and O–H groups in total. The van der Waals surface area contributed by atoms with Crippen molar-refractivity contribution in [2.45, 2.75) is 33.6 Å². The monoisotopic (exact) mass is 223 g/mol. The fourth-order valence-electron chi connectivity index (χ4n) is 1.10. The standard InChI is InChI=1S/C10H21NO2.ClH/c1-4-7-10(12)13-9-8-11(5-2)6-3;/h4-9H2,1-3H3;1H. The van der Waals surface area contributed by atoms with Crippen LogP contribution in [0.3, 0.4) is 0 Å². The molecular formula is C10H22ClNO2. The molecule has 0 aliphatic heterocycles. The number of nitrogens with zero attached hydrogens (tertiary/aromatic N) is 1. The van der Waals surface area contributed by atoms with Gasteiger partial charge in [-0.1, -0.05) is 20.8 Å². The lowest BCUT2D eigenvalue weighted by Crippen LogP contribution is -2.27. The van der Waals surface area contributed by atoms with Crippen LogP contribution < -0.4 is 0 Å². The Morgan fingerprint density at radius 1 is 1.21 bits per heavy atom. The van der Waals surface area contributed by atoms with Crippen molar-refractivity contribution in [3.8, 4) is 0 Å². The molecule has 0 fully saturated rings. The van der Waals surface area contributed by atoms with E-state index in [1.165, 1.54) is 0 Å². The lowest BCUT2D eigenvalue weighted by molar-refractivity contribution is -0.144. The Balaban J connectivity index is 0. The van der Waals surface area contributed by atoms with E-state index in [9.17, 15) is 4.79 Å². The summed E-state index contributed by atoms with van der Waals surface area (Å²) in [7, 11) is 0. The van der Waals surface area contributed by atoms with Crippen LogP contribution in [0.15, 0.2) is 0 Å². The molecule has 0 radical (unpaired) electrons. The van der Waals surface area contributed by atoms with Crippen molar-refractivity contribution in [2.24, 2.45) is 0 Å². The van der Waals surface area contributed by atoms with Crippen molar-refractivity contribution in [1.29, 1.82) is 0 Å². The molecule has 0 aromatic rings. The molecule has 0 aromatic heterocycles. The molecule has 0 spiro atoms. The zero-order chi connectivity index (χ0) is 10.1. The Morgan fingerprint density at radius 3 is 2.21 bits per heavy atom. The Morgan fingerprint density at radius 2 is 1.79 bits per heavy atom. The first kappa shape index (κ1) is 16.2. The molecule has 86 valence electrons. The van der Waals surface area contributed by atoms with E-state index in [-0.39, 0.29) is 18.4 Å². The summed E-state index contributed by atoms with van der Waals surface area (Å²) in [5.74, 6) is -0.0744. The van der Waals surface area contributed by atoms with Crippen molar-refractivity contribution >= 4 is 18.4 Å². The third kappa shape index (κ3) is 8.32. The van der Waals surface area contributed by atoms with E-state index >= 15 is 0 Å². The maximum absolute atomic E-state index is 11.0. The average molecular weight is 224 g/mol. The van der Waals surface area contributed by atoms with Gasteiger partial charge in [0.15, 0.2) is 0 Å². The number of halogens is 1. The van der Waals surface area contributed by atoms with Crippen LogP contribution in [0.2, 0.25) is 0 Å². The molecular weight excluding hydrogens is 202 g/mol. The fraction of sp³-hybridized carbons (Fsp3) is 0.900. The van der Waals surface area contributed by atoms with Gasteiger partial charge >= 0.3 is 5.97 Å². The SMILES string of the molecule is CCCC(=O)OCCN(CC)CC.Cl. The van der Waals surface area contributed by atoms with Gasteiger partial charge in [-0.2, -0.15) is 0 Å². The normalized spacial score (nSPS) is 9.71. The number of hydrogen-bond donors (Lipinski definition) is 0. The van der Waals surface area contributed by atoms with E-state index in [2.05, 4.69) is 18.7 Å². The predicted molar refractivity (Wildman–Crippen MR) is 60.9 cm³/mol. The molecule has 0 aliphatic rings. The van der Waals surface area contributed by atoms with Crippen LogP contribution in [0.4, 0.5) is 0 Å². The minimum Gasteiger partial charge on any atom is -0.464 e. The van der Waals surface area contributed by atoms with E-state index in [0.29, 0.717) is 13.0 Å². The average Bonchev–Trinajstić information content (AvgIpc) is 2.13. The molecule has 14 heavy (non-hydrogen) atoms. The highest BCUT2D eigenvalue weighted by Crippen LogP contribution is 1.92. The molecule has 0 bridgehead atoms. The van der Waals surface area contributed by atoms with Crippen LogP contribution >= 0.6 is 12.4 Å². The predicted octanol–water partition coefficient (Wildman–Crippen LogP) is 2.09. The zero-order valence-electron chi connectivity index (χ0n) is 9.41. The first-order valence-corrected chi connectivity index (χ1v) is 5.12. The first-order chi connectivity index (χ1) is 6.24. The van der Waals surface area contributed by atoms with Crippen molar-refractivity contribution in [2.75, 3.05) is 26.2 Å². The van der Waals surface area contributed by atoms with E-state index in [1.807, 2.05) is 6.92 Å². The number of esters is 1. The van der Waals surface area contributed by atoms with Crippen LogP contribution in [0.1, 0.15) is 33.6 Å². The second-order valence-electron chi connectivity index (χ2n) is 3.00. The molecule has 0 rings (SSSR count). The summed E-state index contributed by atoms with van der Waals surface area (Å²) in [6.07, 6.45) is 1.41. The minimum atomic E-state index is -0.0744. The Labute approximate surface area is 93.2 Å². The molecule has 4 heteroatoms. The van der Waals surface area contributed by atoms with Gasteiger partial charge in [-0.3, -0.25) is 4.79 Å². The van der Waals surface area contributed by atoms with Crippen molar-refractivity contribution in [3.63, 3.8) is 0 Å². The Kier molecular flexibility index (Phi) is 12.5. The largest absolute Gasteiger partial charge is 0.464 e. The summed E-state index contributed by atoms with van der Waals surface area (Å²) in [6.45, 7) is 9.60. The molecule has 0 unspecified atom stereocenters. The van der Waals surface area contributed by atoms with Crippen molar-refractivity contribution in [3.05, 3.63) is 0 Å². The van der Waals surface area contributed by atoms with Crippen molar-refractivity contribution in [1.82, 2.24) is 4.90 Å². The van der Waals surface area contributed by atoms with Gasteiger partial charge in [0, 0.05) is 13.0 Å². The molecule has 0 aromatic carbocycles. The second-order valence-corrected chi connectivity index (χ2v) is 3.00. The van der Waals surface area contributed by atoms with Gasteiger partial charge < -0.3 is 9.64 Å². The summed E-state index contributed by atoms with van der Waals surface area (Å²) in [4.78, 5) is 13.2. The number of carbonyl (C=O) groups is 1. The molecule has 0 saturated heterocycles. The third-order valence-corrected chi connectivity index (χ3v) is 2.02. The number of likely N-dealkylation sites (N-methyl/N-ethyl adjacent to an activating group) is 1. The quantitative estimate of drug-likeness (QED) is 0.619. The van der Waals surface area contributed by atoms with E-state index in [1.54, 1.807) is 0 Å². The lowest BCUT2D eigenvalue weighted by atomic mass is 10.3. The van der Waals surface area contributed by atoms with Gasteiger partial charge in [-0.05, 0) is 19.5 Å². The third-order valence-electron chi connectivity index (χ3n) is 2.02. The van der Waals surface area contributed by atoms with Gasteiger partial charge in [0.25, 0.3) is 0 Å². The summed E-state index contributed by atoms with van der Waals surface area (Å²) < 4.78 is 5.04. The molecule has 0 saturated carbocycles. The van der Waals surface area contributed by atoms with Crippen LogP contribution in [-0.4, -0.2) is 37.1 Å². The molecule has 0 amide bonds. The highest BCUT2D eigenvalue weighted by molar-refractivity contribution is 5.85. The highest BCUT2D eigenvalue weighted by atomic mass is 35.5. The summed E-state index contributed by atoms with van der Waals surface area (Å²) >= 11 is 0. The first-order valence-electron chi connectivity index (χ1n) is 5.12. The highest BCUT2D eigenvalue weighted by Gasteiger charge is 2.02. The number of hydrogen-bond acceptors (Lipinski definition) is 3. The topological polar surface area (TPSA) is 29.5 Å². The molecule has 0 aliphatic carbocycles. The van der Waals surface area contributed by atoms with Crippen LogP contribution in [0.25, 0.3) is 0 Å². The Hall–Kier alpha value is -0.280. The Bertz CT molecular complexity index is 138. The summed E-state index contributed by atoms with van der Waals surface area (Å²) in [6, 6.07) is 0. The van der Waals surface area contributed by atoms with Crippen LogP contribution in [0.5, 0.6) is 0 Å². The molecule has 0 atom stereocenters. The van der Waals surface area contributed by atoms with Gasteiger partial charge in [0.1, 0.15) is 6.61 Å². The van der Waals surface area contributed by atoms with E-state index in [4.69, 9.17) is 4.74 Å². The van der Waals surface area contributed by atoms with E-state index in [0.717, 1.165) is 26.1 Å². The van der Waals surface area contributed by atoms with E-state index < -0.39 is 0 Å². The van der Waals surface area contributed by atoms with Crippen LogP contribution in [-0.2, 0) is 9.53 Å². The summed E-state index contributed by atoms with van der Waals surface area (Å²) in [5, 5.41) is 0. The van der Waals surface area contributed by atoms with Gasteiger partial charge in [-0.15, -0.1) is 12.4 Å². The summed E-state index contributed by atoms with van der Waals surface area (Å²) in [5.41, 5.74) is 0. The lowest BCUT2D eigenvalue weighted by Gasteiger charge is -2.17. The van der Waals surface area contributed by atoms with Gasteiger partial charge in [0.05, 0.1) is 0 Å². The number of carbonyl (C=O) groups excluding carboxylic acids is 1. The van der Waals surface area contributed by atoms with Gasteiger partial charge in [-0.25, -0.2) is 0 Å². The molecule has 3 nitrogen and oxygen atoms in total. The van der Waals surface area contributed by atoms with Crippen LogP contribution in [0, 0.1) is 0 Å². The number of ether oxygens (including phenoxy) is 1. The smallest absolute Gasteiger partial charge is 0.305 e. The molecule has 0 heterocycles. The second kappa shape index (κ2) is 10.8. The van der Waals surface area contributed by atoms with Gasteiger partial charge in [0.2, 0.25) is 0 Å². The number of rotatable bonds is 7. The maximum atomic E-state index is 11.0. The fourth-order valence-corrected chi connectivity index (χ4v) is 1.10. The zero-order valence-corrected chi connectivity index (χ0v) is 10.2.